The molecule has 78 valence electrons. The molecule has 0 radical (unpaired) electrons. The number of hydrogen-bond donors (Lipinski definition) is 1. The van der Waals surface area contributed by atoms with Crippen molar-refractivity contribution in [2.75, 3.05) is 14.2 Å². The summed E-state index contributed by atoms with van der Waals surface area (Å²) in [5, 5.41) is 0.572. The van der Waals surface area contributed by atoms with E-state index in [1.807, 2.05) is 6.92 Å². The van der Waals surface area contributed by atoms with E-state index in [0.717, 1.165) is 5.56 Å². The van der Waals surface area contributed by atoms with Crippen molar-refractivity contribution in [3.05, 3.63) is 22.7 Å². The zero-order valence-electron chi connectivity index (χ0n) is 8.50. The summed E-state index contributed by atoms with van der Waals surface area (Å²) in [4.78, 5) is 0. The van der Waals surface area contributed by atoms with Crippen molar-refractivity contribution in [1.82, 2.24) is 0 Å². The van der Waals surface area contributed by atoms with Crippen molar-refractivity contribution in [1.29, 1.82) is 0 Å². The Labute approximate surface area is 88.8 Å². The standard InChI is InChI=1S/C10H14ClNO2/c1-6(12)10-8(13-2)4-7(11)5-9(10)14-3/h4-6H,12H2,1-3H3. The number of rotatable bonds is 3. The van der Waals surface area contributed by atoms with Gasteiger partial charge < -0.3 is 15.2 Å². The molecule has 4 heteroatoms. The fraction of sp³-hybridized carbons (Fsp3) is 0.400. The number of nitrogens with two attached hydrogens (primary N) is 1. The monoisotopic (exact) mass is 215 g/mol. The first-order valence-electron chi connectivity index (χ1n) is 4.27. The van der Waals surface area contributed by atoms with E-state index in [0.29, 0.717) is 16.5 Å². The highest BCUT2D eigenvalue weighted by Gasteiger charge is 2.15. The molecule has 1 atom stereocenters. The second-order valence-electron chi connectivity index (χ2n) is 3.01. The SMILES string of the molecule is COc1cc(Cl)cc(OC)c1C(C)N. The first-order valence-corrected chi connectivity index (χ1v) is 4.65. The minimum Gasteiger partial charge on any atom is -0.496 e. The lowest BCUT2D eigenvalue weighted by Crippen LogP contribution is -2.09. The zero-order valence-corrected chi connectivity index (χ0v) is 9.26. The van der Waals surface area contributed by atoms with Gasteiger partial charge in [-0.05, 0) is 19.1 Å². The molecule has 0 heterocycles. The van der Waals surface area contributed by atoms with Crippen LogP contribution in [0.3, 0.4) is 0 Å². The summed E-state index contributed by atoms with van der Waals surface area (Å²) in [5.41, 5.74) is 6.65. The molecule has 0 fully saturated rings. The van der Waals surface area contributed by atoms with Crippen molar-refractivity contribution >= 4 is 11.6 Å². The molecule has 1 aromatic rings. The molecule has 2 N–H and O–H groups in total. The van der Waals surface area contributed by atoms with Crippen LogP contribution >= 0.6 is 11.6 Å². The fourth-order valence-electron chi connectivity index (χ4n) is 1.36. The largest absolute Gasteiger partial charge is 0.496 e. The number of halogens is 1. The molecule has 0 bridgehead atoms. The van der Waals surface area contributed by atoms with Crippen LogP contribution in [0.25, 0.3) is 0 Å². The molecule has 1 rings (SSSR count). The Kier molecular flexibility index (Phi) is 3.61. The predicted octanol–water partition coefficient (Wildman–Crippen LogP) is 2.38. The van der Waals surface area contributed by atoms with Gasteiger partial charge in [0.05, 0.1) is 19.8 Å². The quantitative estimate of drug-likeness (QED) is 0.842. The van der Waals surface area contributed by atoms with Gasteiger partial charge in [0.15, 0.2) is 0 Å². The van der Waals surface area contributed by atoms with Crippen LogP contribution < -0.4 is 15.2 Å². The molecule has 0 saturated carbocycles. The van der Waals surface area contributed by atoms with Crippen molar-refractivity contribution < 1.29 is 9.47 Å². The van der Waals surface area contributed by atoms with Crippen LogP contribution in [0.15, 0.2) is 12.1 Å². The molecule has 1 unspecified atom stereocenters. The van der Waals surface area contributed by atoms with E-state index >= 15 is 0 Å². The molecule has 0 saturated heterocycles. The molecular weight excluding hydrogens is 202 g/mol. The van der Waals surface area contributed by atoms with E-state index in [2.05, 4.69) is 0 Å². The van der Waals surface area contributed by atoms with E-state index in [9.17, 15) is 0 Å². The third-order valence-corrected chi connectivity index (χ3v) is 2.18. The van der Waals surface area contributed by atoms with Gasteiger partial charge in [-0.1, -0.05) is 11.6 Å². The van der Waals surface area contributed by atoms with Gasteiger partial charge >= 0.3 is 0 Å². The Hall–Kier alpha value is -0.930. The highest BCUT2D eigenvalue weighted by molar-refractivity contribution is 6.30. The van der Waals surface area contributed by atoms with Crippen LogP contribution in [0.1, 0.15) is 18.5 Å². The van der Waals surface area contributed by atoms with Gasteiger partial charge in [0.2, 0.25) is 0 Å². The van der Waals surface area contributed by atoms with Crippen molar-refractivity contribution in [2.24, 2.45) is 5.73 Å². The van der Waals surface area contributed by atoms with Gasteiger partial charge in [-0.25, -0.2) is 0 Å². The average Bonchev–Trinajstić information content (AvgIpc) is 2.15. The number of hydrogen-bond acceptors (Lipinski definition) is 3. The lowest BCUT2D eigenvalue weighted by molar-refractivity contribution is 0.381. The van der Waals surface area contributed by atoms with E-state index < -0.39 is 0 Å². The Morgan fingerprint density at radius 2 is 1.64 bits per heavy atom. The fourth-order valence-corrected chi connectivity index (χ4v) is 1.55. The summed E-state index contributed by atoms with van der Waals surface area (Å²) >= 11 is 5.88. The molecule has 1 aromatic carbocycles. The lowest BCUT2D eigenvalue weighted by atomic mass is 10.1. The van der Waals surface area contributed by atoms with Gasteiger partial charge in [0, 0.05) is 11.1 Å². The van der Waals surface area contributed by atoms with E-state index in [1.165, 1.54) is 0 Å². The summed E-state index contributed by atoms with van der Waals surface area (Å²) in [6, 6.07) is 3.29. The molecular formula is C10H14ClNO2. The summed E-state index contributed by atoms with van der Waals surface area (Å²) in [6.07, 6.45) is 0. The number of benzene rings is 1. The van der Waals surface area contributed by atoms with Gasteiger partial charge in [-0.2, -0.15) is 0 Å². The summed E-state index contributed by atoms with van der Waals surface area (Å²) in [7, 11) is 3.16. The highest BCUT2D eigenvalue weighted by atomic mass is 35.5. The van der Waals surface area contributed by atoms with Crippen LogP contribution in [0.4, 0.5) is 0 Å². The molecule has 14 heavy (non-hydrogen) atoms. The minimum atomic E-state index is -0.155. The van der Waals surface area contributed by atoms with Crippen molar-refractivity contribution in [3.63, 3.8) is 0 Å². The van der Waals surface area contributed by atoms with E-state index in [-0.39, 0.29) is 6.04 Å². The lowest BCUT2D eigenvalue weighted by Gasteiger charge is -2.16. The Balaban J connectivity index is 3.33. The maximum atomic E-state index is 5.88. The number of ether oxygens (including phenoxy) is 2. The molecule has 0 spiro atoms. The first-order chi connectivity index (χ1) is 6.60. The van der Waals surface area contributed by atoms with Gasteiger partial charge in [0.1, 0.15) is 11.5 Å². The summed E-state index contributed by atoms with van der Waals surface area (Å²) in [6.45, 7) is 1.87. The Bertz CT molecular complexity index is 301. The Morgan fingerprint density at radius 1 is 1.21 bits per heavy atom. The van der Waals surface area contributed by atoms with E-state index in [4.69, 9.17) is 26.8 Å². The van der Waals surface area contributed by atoms with Crippen LogP contribution in [-0.4, -0.2) is 14.2 Å². The molecule has 0 aliphatic heterocycles. The zero-order chi connectivity index (χ0) is 10.7. The van der Waals surface area contributed by atoms with Crippen molar-refractivity contribution in [3.8, 4) is 11.5 Å². The number of methoxy groups -OCH3 is 2. The van der Waals surface area contributed by atoms with Crippen LogP contribution in [0.5, 0.6) is 11.5 Å². The molecule has 3 nitrogen and oxygen atoms in total. The van der Waals surface area contributed by atoms with Gasteiger partial charge in [-0.3, -0.25) is 0 Å². The van der Waals surface area contributed by atoms with Gasteiger partial charge in [0.25, 0.3) is 0 Å². The average molecular weight is 216 g/mol. The Morgan fingerprint density at radius 3 is 1.93 bits per heavy atom. The smallest absolute Gasteiger partial charge is 0.128 e. The summed E-state index contributed by atoms with van der Waals surface area (Å²) < 4.78 is 10.4. The first kappa shape index (κ1) is 11.1. The second kappa shape index (κ2) is 4.53. The van der Waals surface area contributed by atoms with Crippen LogP contribution in [-0.2, 0) is 0 Å². The molecule has 0 amide bonds. The topological polar surface area (TPSA) is 44.5 Å². The van der Waals surface area contributed by atoms with Crippen molar-refractivity contribution in [2.45, 2.75) is 13.0 Å². The third-order valence-electron chi connectivity index (χ3n) is 1.96. The minimum absolute atomic E-state index is 0.155. The van der Waals surface area contributed by atoms with E-state index in [1.54, 1.807) is 26.4 Å². The second-order valence-corrected chi connectivity index (χ2v) is 3.45. The normalized spacial score (nSPS) is 12.4. The predicted molar refractivity (Wildman–Crippen MR) is 57.2 cm³/mol. The van der Waals surface area contributed by atoms with Crippen LogP contribution in [0.2, 0.25) is 5.02 Å². The molecule has 0 aromatic heterocycles. The van der Waals surface area contributed by atoms with Crippen LogP contribution in [0, 0.1) is 0 Å². The third kappa shape index (κ3) is 2.11. The highest BCUT2D eigenvalue weighted by Crippen LogP contribution is 2.35. The molecule has 0 aliphatic rings. The maximum Gasteiger partial charge on any atom is 0.128 e. The summed E-state index contributed by atoms with van der Waals surface area (Å²) in [5.74, 6) is 1.31. The molecule has 0 aliphatic carbocycles. The van der Waals surface area contributed by atoms with Gasteiger partial charge in [-0.15, -0.1) is 0 Å². The maximum absolute atomic E-state index is 5.88.